The molecule has 1 fully saturated rings. The van der Waals surface area contributed by atoms with Crippen LogP contribution in [0.2, 0.25) is 0 Å². The van der Waals surface area contributed by atoms with Gasteiger partial charge in [0.25, 0.3) is 5.91 Å². The number of carbonyl (C=O) groups excluding carboxylic acids is 1. The second-order valence-electron chi connectivity index (χ2n) is 7.74. The number of amides is 1. The van der Waals surface area contributed by atoms with Gasteiger partial charge in [0, 0.05) is 43.6 Å². The Morgan fingerprint density at radius 2 is 1.75 bits per heavy atom. The Labute approximate surface area is 168 Å². The zero-order chi connectivity index (χ0) is 20.1. The van der Waals surface area contributed by atoms with Gasteiger partial charge in [0.15, 0.2) is 0 Å². The lowest BCUT2D eigenvalue weighted by Gasteiger charge is -2.35. The van der Waals surface area contributed by atoms with Gasteiger partial charge in [-0.05, 0) is 60.9 Å². The zero-order valence-electron chi connectivity index (χ0n) is 17.1. The lowest BCUT2D eigenvalue weighted by Crippen LogP contribution is -2.41. The number of nitrogen functional groups attached to an aromatic ring is 1. The van der Waals surface area contributed by atoms with E-state index in [1.807, 2.05) is 61.5 Å². The topological polar surface area (TPSA) is 58.8 Å². The molecule has 0 aliphatic heterocycles. The number of benzene rings is 2. The zero-order valence-corrected chi connectivity index (χ0v) is 17.1. The van der Waals surface area contributed by atoms with E-state index >= 15 is 0 Å². The fourth-order valence-corrected chi connectivity index (χ4v) is 4.01. The Bertz CT molecular complexity index is 796. The van der Waals surface area contributed by atoms with Gasteiger partial charge in [-0.1, -0.05) is 19.3 Å². The molecule has 0 spiro atoms. The fourth-order valence-electron chi connectivity index (χ4n) is 4.01. The van der Waals surface area contributed by atoms with Crippen LogP contribution in [0.25, 0.3) is 0 Å². The van der Waals surface area contributed by atoms with E-state index in [-0.39, 0.29) is 11.9 Å². The molecule has 0 radical (unpaired) electrons. The minimum absolute atomic E-state index is 0.0710. The van der Waals surface area contributed by atoms with Crippen molar-refractivity contribution in [3.05, 3.63) is 53.6 Å². The third kappa shape index (κ3) is 4.58. The molecule has 0 heterocycles. The van der Waals surface area contributed by atoms with Gasteiger partial charge in [0.05, 0.1) is 7.11 Å². The maximum absolute atomic E-state index is 13.5. The molecule has 2 aromatic carbocycles. The van der Waals surface area contributed by atoms with Crippen molar-refractivity contribution in [1.82, 2.24) is 4.90 Å². The van der Waals surface area contributed by atoms with E-state index in [9.17, 15) is 4.79 Å². The van der Waals surface area contributed by atoms with Gasteiger partial charge in [0.2, 0.25) is 0 Å². The summed E-state index contributed by atoms with van der Waals surface area (Å²) >= 11 is 0. The summed E-state index contributed by atoms with van der Waals surface area (Å²) in [6.45, 7) is 0.564. The van der Waals surface area contributed by atoms with E-state index in [4.69, 9.17) is 10.5 Å². The minimum atomic E-state index is 0.0710. The molecule has 1 aliphatic carbocycles. The molecule has 0 saturated heterocycles. The van der Waals surface area contributed by atoms with Crippen LogP contribution in [0.4, 0.5) is 11.4 Å². The molecular weight excluding hydrogens is 350 g/mol. The Hall–Kier alpha value is -2.69. The van der Waals surface area contributed by atoms with E-state index in [0.717, 1.165) is 35.5 Å². The number of carbonyl (C=O) groups is 1. The number of ether oxygens (including phenoxy) is 1. The van der Waals surface area contributed by atoms with E-state index in [1.165, 1.54) is 19.3 Å². The van der Waals surface area contributed by atoms with Gasteiger partial charge >= 0.3 is 0 Å². The molecule has 0 unspecified atom stereocenters. The molecule has 5 nitrogen and oxygen atoms in total. The molecule has 5 heteroatoms. The molecule has 0 atom stereocenters. The number of hydrogen-bond donors (Lipinski definition) is 1. The number of nitrogens with zero attached hydrogens (tertiary/aromatic N) is 2. The van der Waals surface area contributed by atoms with Crippen molar-refractivity contribution in [2.45, 2.75) is 44.7 Å². The Kier molecular flexibility index (Phi) is 6.45. The summed E-state index contributed by atoms with van der Waals surface area (Å²) in [6, 6.07) is 13.6. The molecule has 1 amide bonds. The van der Waals surface area contributed by atoms with Gasteiger partial charge in [-0.15, -0.1) is 0 Å². The summed E-state index contributed by atoms with van der Waals surface area (Å²) in [6.07, 6.45) is 5.72. The van der Waals surface area contributed by atoms with Gasteiger partial charge in [-0.2, -0.15) is 0 Å². The maximum atomic E-state index is 13.5. The highest BCUT2D eigenvalue weighted by Crippen LogP contribution is 2.29. The Balaban J connectivity index is 1.93. The lowest BCUT2D eigenvalue weighted by atomic mass is 9.93. The third-order valence-corrected chi connectivity index (χ3v) is 5.54. The summed E-state index contributed by atoms with van der Waals surface area (Å²) < 4.78 is 5.23. The van der Waals surface area contributed by atoms with Gasteiger partial charge < -0.3 is 20.3 Å². The summed E-state index contributed by atoms with van der Waals surface area (Å²) in [5.41, 5.74) is 9.66. The van der Waals surface area contributed by atoms with Crippen LogP contribution in [-0.2, 0) is 6.54 Å². The quantitative estimate of drug-likeness (QED) is 0.757. The predicted molar refractivity (Wildman–Crippen MR) is 115 cm³/mol. The van der Waals surface area contributed by atoms with E-state index in [2.05, 4.69) is 4.90 Å². The van der Waals surface area contributed by atoms with E-state index in [1.54, 1.807) is 7.11 Å². The van der Waals surface area contributed by atoms with Crippen LogP contribution in [-0.4, -0.2) is 38.1 Å². The van der Waals surface area contributed by atoms with Crippen molar-refractivity contribution in [2.75, 3.05) is 31.8 Å². The fraction of sp³-hybridized carbons (Fsp3) is 0.435. The molecule has 0 aromatic heterocycles. The van der Waals surface area contributed by atoms with Crippen molar-refractivity contribution in [2.24, 2.45) is 0 Å². The molecule has 28 heavy (non-hydrogen) atoms. The Morgan fingerprint density at radius 3 is 2.36 bits per heavy atom. The molecule has 2 N–H and O–H groups in total. The average Bonchev–Trinajstić information content (AvgIpc) is 2.72. The molecule has 1 saturated carbocycles. The number of hydrogen-bond acceptors (Lipinski definition) is 4. The van der Waals surface area contributed by atoms with Crippen LogP contribution in [0.1, 0.15) is 48.0 Å². The highest BCUT2D eigenvalue weighted by atomic mass is 16.5. The highest BCUT2D eigenvalue weighted by Gasteiger charge is 2.27. The van der Waals surface area contributed by atoms with Crippen molar-refractivity contribution in [1.29, 1.82) is 0 Å². The third-order valence-electron chi connectivity index (χ3n) is 5.54. The molecule has 150 valence electrons. The van der Waals surface area contributed by atoms with E-state index < -0.39 is 0 Å². The normalized spacial score (nSPS) is 14.5. The van der Waals surface area contributed by atoms with Gasteiger partial charge in [0.1, 0.15) is 5.75 Å². The molecule has 0 bridgehead atoms. The first-order valence-electron chi connectivity index (χ1n) is 10.0. The second kappa shape index (κ2) is 9.00. The molecule has 1 aliphatic rings. The summed E-state index contributed by atoms with van der Waals surface area (Å²) in [5, 5.41) is 0. The van der Waals surface area contributed by atoms with Crippen LogP contribution >= 0.6 is 0 Å². The molecule has 2 aromatic rings. The van der Waals surface area contributed by atoms with Crippen LogP contribution in [0, 0.1) is 0 Å². The highest BCUT2D eigenvalue weighted by molar-refractivity contribution is 5.94. The number of rotatable bonds is 6. The van der Waals surface area contributed by atoms with Crippen molar-refractivity contribution in [3.8, 4) is 5.75 Å². The second-order valence-corrected chi connectivity index (χ2v) is 7.74. The molecular formula is C23H31N3O2. The van der Waals surface area contributed by atoms with Crippen LogP contribution in [0.5, 0.6) is 5.75 Å². The number of anilines is 2. The Morgan fingerprint density at radius 1 is 1.07 bits per heavy atom. The predicted octanol–water partition coefficient (Wildman–Crippen LogP) is 4.32. The van der Waals surface area contributed by atoms with E-state index in [0.29, 0.717) is 12.1 Å². The van der Waals surface area contributed by atoms with Gasteiger partial charge in [-0.3, -0.25) is 4.79 Å². The average molecular weight is 382 g/mol. The summed E-state index contributed by atoms with van der Waals surface area (Å²) in [7, 11) is 5.67. The smallest absolute Gasteiger partial charge is 0.254 e. The maximum Gasteiger partial charge on any atom is 0.254 e. The standard InChI is InChI=1S/C23H31N3O2/c1-25(2)22-14-11-19(24)15-18(22)16-26(20-7-5-4-6-8-20)23(27)17-9-12-21(28-3)13-10-17/h9-15,20H,4-8,16,24H2,1-3H3. The van der Waals surface area contributed by atoms with Gasteiger partial charge in [-0.25, -0.2) is 0 Å². The first kappa shape index (κ1) is 20.1. The SMILES string of the molecule is COc1ccc(C(=O)N(Cc2cc(N)ccc2N(C)C)C2CCCCC2)cc1. The molecule has 3 rings (SSSR count). The van der Waals surface area contributed by atoms with Crippen molar-refractivity contribution in [3.63, 3.8) is 0 Å². The lowest BCUT2D eigenvalue weighted by molar-refractivity contribution is 0.0614. The largest absolute Gasteiger partial charge is 0.497 e. The van der Waals surface area contributed by atoms with Crippen LogP contribution < -0.4 is 15.4 Å². The van der Waals surface area contributed by atoms with Crippen molar-refractivity contribution < 1.29 is 9.53 Å². The monoisotopic (exact) mass is 381 g/mol. The summed E-state index contributed by atoms with van der Waals surface area (Å²) in [5.74, 6) is 0.827. The van der Waals surface area contributed by atoms with Crippen molar-refractivity contribution >= 4 is 17.3 Å². The first-order valence-corrected chi connectivity index (χ1v) is 10.0. The number of methoxy groups -OCH3 is 1. The van der Waals surface area contributed by atoms with Crippen LogP contribution in [0.15, 0.2) is 42.5 Å². The van der Waals surface area contributed by atoms with Crippen LogP contribution in [0.3, 0.4) is 0 Å². The minimum Gasteiger partial charge on any atom is -0.497 e. The summed E-state index contributed by atoms with van der Waals surface area (Å²) in [4.78, 5) is 17.6. The number of nitrogens with two attached hydrogens (primary N) is 1. The first-order chi connectivity index (χ1) is 13.5.